The molecular formula is C19H20N2O3. The lowest BCUT2D eigenvalue weighted by atomic mass is 10.1. The molecule has 0 radical (unpaired) electrons. The van der Waals surface area contributed by atoms with Gasteiger partial charge in [0.15, 0.2) is 11.5 Å². The summed E-state index contributed by atoms with van der Waals surface area (Å²) in [6.45, 7) is 0. The summed E-state index contributed by atoms with van der Waals surface area (Å²) in [5, 5.41) is 4.06. The largest absolute Gasteiger partial charge is 0.493 e. The van der Waals surface area contributed by atoms with E-state index in [-0.39, 0.29) is 5.91 Å². The Labute approximate surface area is 140 Å². The number of nitrogens with one attached hydrogen (secondary N) is 2. The third-order valence-electron chi connectivity index (χ3n) is 3.96. The van der Waals surface area contributed by atoms with Crippen molar-refractivity contribution in [1.82, 2.24) is 4.98 Å². The van der Waals surface area contributed by atoms with Gasteiger partial charge in [-0.05, 0) is 30.2 Å². The van der Waals surface area contributed by atoms with Crippen molar-refractivity contribution in [3.8, 4) is 11.5 Å². The number of carbonyl (C=O) groups excluding carboxylic acids is 1. The molecule has 0 saturated heterocycles. The number of benzene rings is 2. The standard InChI is InChI=1S/C19H20N2O3/c1-23-17-9-8-14(11-18(17)24-2)21-19(22)10-7-13-12-20-16-6-4-3-5-15(13)16/h3-6,8-9,11-12,20H,7,10H2,1-2H3,(H,21,22). The molecule has 3 aromatic rings. The molecule has 5 heteroatoms. The van der Waals surface area contributed by atoms with Gasteiger partial charge in [-0.2, -0.15) is 0 Å². The number of aryl methyl sites for hydroxylation is 1. The second kappa shape index (κ2) is 7.08. The normalized spacial score (nSPS) is 10.6. The maximum Gasteiger partial charge on any atom is 0.224 e. The molecule has 2 aromatic carbocycles. The third kappa shape index (κ3) is 3.35. The van der Waals surface area contributed by atoms with Crippen LogP contribution in [0.2, 0.25) is 0 Å². The summed E-state index contributed by atoms with van der Waals surface area (Å²) >= 11 is 0. The predicted octanol–water partition coefficient (Wildman–Crippen LogP) is 3.76. The highest BCUT2D eigenvalue weighted by Crippen LogP contribution is 2.29. The van der Waals surface area contributed by atoms with E-state index < -0.39 is 0 Å². The van der Waals surface area contributed by atoms with Gasteiger partial charge in [0.25, 0.3) is 0 Å². The lowest BCUT2D eigenvalue weighted by Gasteiger charge is -2.10. The molecule has 0 spiro atoms. The molecule has 0 aliphatic carbocycles. The van der Waals surface area contributed by atoms with Gasteiger partial charge in [0.05, 0.1) is 14.2 Å². The van der Waals surface area contributed by atoms with Gasteiger partial charge in [-0.3, -0.25) is 4.79 Å². The van der Waals surface area contributed by atoms with Crippen LogP contribution >= 0.6 is 0 Å². The van der Waals surface area contributed by atoms with Crippen LogP contribution in [-0.2, 0) is 11.2 Å². The van der Waals surface area contributed by atoms with Crippen LogP contribution in [0.15, 0.2) is 48.7 Å². The smallest absolute Gasteiger partial charge is 0.224 e. The number of H-pyrrole nitrogens is 1. The van der Waals surface area contributed by atoms with Gasteiger partial charge in [-0.1, -0.05) is 18.2 Å². The number of anilines is 1. The number of hydrogen-bond donors (Lipinski definition) is 2. The summed E-state index contributed by atoms with van der Waals surface area (Å²) in [5.74, 6) is 1.19. The molecule has 0 fully saturated rings. The van der Waals surface area contributed by atoms with Gasteiger partial charge in [0.1, 0.15) is 0 Å². The SMILES string of the molecule is COc1ccc(NC(=O)CCc2c[nH]c3ccccc23)cc1OC. The van der Waals surface area contributed by atoms with E-state index >= 15 is 0 Å². The highest BCUT2D eigenvalue weighted by Gasteiger charge is 2.09. The molecule has 0 aliphatic rings. The Morgan fingerprint density at radius 2 is 1.88 bits per heavy atom. The number of hydrogen-bond acceptors (Lipinski definition) is 3. The van der Waals surface area contributed by atoms with E-state index in [1.165, 1.54) is 0 Å². The van der Waals surface area contributed by atoms with Crippen molar-refractivity contribution in [2.75, 3.05) is 19.5 Å². The third-order valence-corrected chi connectivity index (χ3v) is 3.96. The quantitative estimate of drug-likeness (QED) is 0.726. The number of rotatable bonds is 6. The van der Waals surface area contributed by atoms with E-state index in [1.54, 1.807) is 32.4 Å². The molecular weight excluding hydrogens is 304 g/mol. The zero-order valence-corrected chi connectivity index (χ0v) is 13.8. The Morgan fingerprint density at radius 3 is 2.67 bits per heavy atom. The average Bonchev–Trinajstić information content (AvgIpc) is 3.03. The van der Waals surface area contributed by atoms with E-state index in [1.807, 2.05) is 24.4 Å². The number of para-hydroxylation sites is 1. The zero-order chi connectivity index (χ0) is 16.9. The van der Waals surface area contributed by atoms with Crippen LogP contribution in [0.1, 0.15) is 12.0 Å². The Balaban J connectivity index is 1.63. The molecule has 0 unspecified atom stereocenters. The summed E-state index contributed by atoms with van der Waals surface area (Å²) in [6, 6.07) is 13.4. The van der Waals surface area contributed by atoms with Gasteiger partial charge < -0.3 is 19.8 Å². The summed E-state index contributed by atoms with van der Waals surface area (Å²) in [6.07, 6.45) is 3.06. The molecule has 0 bridgehead atoms. The number of amides is 1. The van der Waals surface area contributed by atoms with Crippen molar-refractivity contribution in [2.24, 2.45) is 0 Å². The number of ether oxygens (including phenoxy) is 2. The van der Waals surface area contributed by atoms with Gasteiger partial charge in [-0.25, -0.2) is 0 Å². The van der Waals surface area contributed by atoms with E-state index in [0.29, 0.717) is 30.0 Å². The van der Waals surface area contributed by atoms with Crippen LogP contribution in [0.4, 0.5) is 5.69 Å². The summed E-state index contributed by atoms with van der Waals surface area (Å²) in [7, 11) is 3.15. The van der Waals surface area contributed by atoms with Crippen molar-refractivity contribution >= 4 is 22.5 Å². The second-order valence-corrected chi connectivity index (χ2v) is 5.48. The minimum atomic E-state index is -0.0347. The molecule has 1 amide bonds. The van der Waals surface area contributed by atoms with Crippen LogP contribution in [0, 0.1) is 0 Å². The fourth-order valence-electron chi connectivity index (χ4n) is 2.72. The second-order valence-electron chi connectivity index (χ2n) is 5.48. The maximum atomic E-state index is 12.2. The monoisotopic (exact) mass is 324 g/mol. The van der Waals surface area contributed by atoms with Crippen LogP contribution in [0.3, 0.4) is 0 Å². The Morgan fingerprint density at radius 1 is 1.08 bits per heavy atom. The first-order chi connectivity index (χ1) is 11.7. The molecule has 1 heterocycles. The first-order valence-electron chi connectivity index (χ1n) is 7.78. The van der Waals surface area contributed by atoms with Crippen LogP contribution in [0.25, 0.3) is 10.9 Å². The molecule has 3 rings (SSSR count). The number of methoxy groups -OCH3 is 2. The zero-order valence-electron chi connectivity index (χ0n) is 13.8. The number of aromatic amines is 1. The predicted molar refractivity (Wildman–Crippen MR) is 94.8 cm³/mol. The van der Waals surface area contributed by atoms with Crippen LogP contribution in [0.5, 0.6) is 11.5 Å². The fourth-order valence-corrected chi connectivity index (χ4v) is 2.72. The minimum absolute atomic E-state index is 0.0347. The van der Waals surface area contributed by atoms with Crippen LogP contribution in [-0.4, -0.2) is 25.1 Å². The maximum absolute atomic E-state index is 12.2. The molecule has 5 nitrogen and oxygen atoms in total. The number of aromatic nitrogens is 1. The number of fused-ring (bicyclic) bond motifs is 1. The van der Waals surface area contributed by atoms with Crippen molar-refractivity contribution in [2.45, 2.75) is 12.8 Å². The van der Waals surface area contributed by atoms with Gasteiger partial charge in [0, 0.05) is 35.3 Å². The summed E-state index contributed by atoms with van der Waals surface area (Å²) in [4.78, 5) is 15.4. The first kappa shape index (κ1) is 15.9. The van der Waals surface area contributed by atoms with Crippen molar-refractivity contribution < 1.29 is 14.3 Å². The van der Waals surface area contributed by atoms with Crippen molar-refractivity contribution in [1.29, 1.82) is 0 Å². The van der Waals surface area contributed by atoms with E-state index in [0.717, 1.165) is 16.5 Å². The minimum Gasteiger partial charge on any atom is -0.493 e. The van der Waals surface area contributed by atoms with E-state index in [2.05, 4.69) is 16.4 Å². The van der Waals surface area contributed by atoms with Gasteiger partial charge in [0.2, 0.25) is 5.91 Å². The Hall–Kier alpha value is -2.95. The fraction of sp³-hybridized carbons (Fsp3) is 0.211. The molecule has 124 valence electrons. The van der Waals surface area contributed by atoms with Crippen LogP contribution < -0.4 is 14.8 Å². The van der Waals surface area contributed by atoms with E-state index in [4.69, 9.17) is 9.47 Å². The highest BCUT2D eigenvalue weighted by molar-refractivity contribution is 5.92. The van der Waals surface area contributed by atoms with Crippen molar-refractivity contribution in [3.63, 3.8) is 0 Å². The molecule has 24 heavy (non-hydrogen) atoms. The molecule has 0 aliphatic heterocycles. The number of carbonyl (C=O) groups is 1. The average molecular weight is 324 g/mol. The summed E-state index contributed by atoms with van der Waals surface area (Å²) < 4.78 is 10.4. The van der Waals surface area contributed by atoms with Gasteiger partial charge >= 0.3 is 0 Å². The lowest BCUT2D eigenvalue weighted by molar-refractivity contribution is -0.116. The Bertz CT molecular complexity index is 855. The molecule has 1 aromatic heterocycles. The lowest BCUT2D eigenvalue weighted by Crippen LogP contribution is -2.12. The highest BCUT2D eigenvalue weighted by atomic mass is 16.5. The van der Waals surface area contributed by atoms with E-state index in [9.17, 15) is 4.79 Å². The topological polar surface area (TPSA) is 63.3 Å². The Kier molecular flexibility index (Phi) is 4.70. The molecule has 0 atom stereocenters. The van der Waals surface area contributed by atoms with Crippen molar-refractivity contribution in [3.05, 3.63) is 54.2 Å². The first-order valence-corrected chi connectivity index (χ1v) is 7.78. The summed E-state index contributed by atoms with van der Waals surface area (Å²) in [5.41, 5.74) is 2.93. The molecule has 2 N–H and O–H groups in total. The van der Waals surface area contributed by atoms with Gasteiger partial charge in [-0.15, -0.1) is 0 Å². The molecule has 0 saturated carbocycles.